The first kappa shape index (κ1) is 11.2. The summed E-state index contributed by atoms with van der Waals surface area (Å²) < 4.78 is 26.3. The first-order valence-electron chi connectivity index (χ1n) is 4.39. The minimum Gasteiger partial charge on any atom is -0.397 e. The standard InChI is InChI=1S/C10H11F2N3/c1-15(6-2-5-13)10-8(14)4-3-7(11)9(10)12/h3-4H,2,6,14H2,1H3. The second-order valence-corrected chi connectivity index (χ2v) is 3.13. The van der Waals surface area contributed by atoms with Gasteiger partial charge in [0.15, 0.2) is 11.6 Å². The van der Waals surface area contributed by atoms with Crippen LogP contribution in [0.5, 0.6) is 0 Å². The Morgan fingerprint density at radius 3 is 2.73 bits per heavy atom. The maximum Gasteiger partial charge on any atom is 0.184 e. The summed E-state index contributed by atoms with van der Waals surface area (Å²) >= 11 is 0. The van der Waals surface area contributed by atoms with Crippen LogP contribution in [0.4, 0.5) is 20.2 Å². The summed E-state index contributed by atoms with van der Waals surface area (Å²) in [4.78, 5) is 1.43. The number of rotatable bonds is 3. The Morgan fingerprint density at radius 2 is 2.13 bits per heavy atom. The molecule has 0 bridgehead atoms. The molecule has 0 aliphatic heterocycles. The Labute approximate surface area is 86.7 Å². The van der Waals surface area contributed by atoms with Crippen molar-refractivity contribution in [2.45, 2.75) is 6.42 Å². The van der Waals surface area contributed by atoms with Crippen LogP contribution in [0.15, 0.2) is 12.1 Å². The molecule has 0 spiro atoms. The van der Waals surface area contributed by atoms with Crippen molar-refractivity contribution >= 4 is 11.4 Å². The van der Waals surface area contributed by atoms with E-state index >= 15 is 0 Å². The van der Waals surface area contributed by atoms with Crippen molar-refractivity contribution in [3.05, 3.63) is 23.8 Å². The van der Waals surface area contributed by atoms with E-state index in [-0.39, 0.29) is 17.8 Å². The van der Waals surface area contributed by atoms with E-state index in [0.29, 0.717) is 6.54 Å². The number of hydrogen-bond acceptors (Lipinski definition) is 3. The lowest BCUT2D eigenvalue weighted by Gasteiger charge is -2.20. The zero-order chi connectivity index (χ0) is 11.4. The zero-order valence-corrected chi connectivity index (χ0v) is 8.30. The maximum absolute atomic E-state index is 13.4. The highest BCUT2D eigenvalue weighted by Crippen LogP contribution is 2.27. The SMILES string of the molecule is CN(CCC#N)c1c(N)ccc(F)c1F. The van der Waals surface area contributed by atoms with E-state index in [0.717, 1.165) is 6.07 Å². The monoisotopic (exact) mass is 211 g/mol. The number of benzene rings is 1. The lowest BCUT2D eigenvalue weighted by molar-refractivity contribution is 0.508. The molecule has 2 N–H and O–H groups in total. The van der Waals surface area contributed by atoms with Crippen LogP contribution in [0, 0.1) is 23.0 Å². The first-order valence-corrected chi connectivity index (χ1v) is 4.39. The maximum atomic E-state index is 13.4. The van der Waals surface area contributed by atoms with Crippen LogP contribution in [-0.2, 0) is 0 Å². The second kappa shape index (κ2) is 4.60. The molecule has 80 valence electrons. The summed E-state index contributed by atoms with van der Waals surface area (Å²) in [5, 5.41) is 8.38. The van der Waals surface area contributed by atoms with E-state index in [2.05, 4.69) is 0 Å². The Balaban J connectivity index is 3.02. The Bertz CT molecular complexity index is 398. The molecular weight excluding hydrogens is 200 g/mol. The predicted molar refractivity (Wildman–Crippen MR) is 54.3 cm³/mol. The van der Waals surface area contributed by atoms with Crippen molar-refractivity contribution in [2.75, 3.05) is 24.2 Å². The molecule has 0 atom stereocenters. The number of halogens is 2. The fourth-order valence-corrected chi connectivity index (χ4v) is 1.27. The van der Waals surface area contributed by atoms with Crippen LogP contribution >= 0.6 is 0 Å². The van der Waals surface area contributed by atoms with Gasteiger partial charge in [-0.1, -0.05) is 0 Å². The zero-order valence-electron chi connectivity index (χ0n) is 8.30. The van der Waals surface area contributed by atoms with Gasteiger partial charge in [-0.3, -0.25) is 0 Å². The van der Waals surface area contributed by atoms with Gasteiger partial charge in [0.1, 0.15) is 0 Å². The van der Waals surface area contributed by atoms with Gasteiger partial charge in [-0.05, 0) is 12.1 Å². The molecule has 0 unspecified atom stereocenters. The van der Waals surface area contributed by atoms with E-state index in [1.807, 2.05) is 6.07 Å². The van der Waals surface area contributed by atoms with E-state index < -0.39 is 11.6 Å². The fraction of sp³-hybridized carbons (Fsp3) is 0.300. The number of hydrogen-bond donors (Lipinski definition) is 1. The summed E-state index contributed by atoms with van der Waals surface area (Å²) in [6.07, 6.45) is 0.228. The van der Waals surface area contributed by atoms with Crippen LogP contribution < -0.4 is 10.6 Å². The average molecular weight is 211 g/mol. The molecule has 0 aliphatic carbocycles. The van der Waals surface area contributed by atoms with Gasteiger partial charge in [0.2, 0.25) is 0 Å². The van der Waals surface area contributed by atoms with Crippen molar-refractivity contribution in [1.29, 1.82) is 5.26 Å². The number of nitriles is 1. The predicted octanol–water partition coefficient (Wildman–Crippen LogP) is 1.90. The third kappa shape index (κ3) is 2.34. The fourth-order valence-electron chi connectivity index (χ4n) is 1.27. The summed E-state index contributed by atoms with van der Waals surface area (Å²) in [7, 11) is 1.56. The third-order valence-electron chi connectivity index (χ3n) is 2.04. The Morgan fingerprint density at radius 1 is 1.47 bits per heavy atom. The van der Waals surface area contributed by atoms with Crippen molar-refractivity contribution < 1.29 is 8.78 Å². The summed E-state index contributed by atoms with van der Waals surface area (Å²) in [5.74, 6) is -1.92. The molecule has 1 aromatic rings. The molecule has 0 fully saturated rings. The van der Waals surface area contributed by atoms with Gasteiger partial charge in [0.05, 0.1) is 23.9 Å². The summed E-state index contributed by atoms with van der Waals surface area (Å²) in [6, 6.07) is 4.20. The average Bonchev–Trinajstić information content (AvgIpc) is 2.21. The van der Waals surface area contributed by atoms with Gasteiger partial charge in [-0.25, -0.2) is 8.78 Å². The highest BCUT2D eigenvalue weighted by atomic mass is 19.2. The minimum atomic E-state index is -0.976. The molecular formula is C10H11F2N3. The second-order valence-electron chi connectivity index (χ2n) is 3.13. The van der Waals surface area contributed by atoms with E-state index in [4.69, 9.17) is 11.0 Å². The summed E-state index contributed by atoms with van der Waals surface area (Å²) in [6.45, 7) is 0.307. The van der Waals surface area contributed by atoms with Gasteiger partial charge in [-0.15, -0.1) is 0 Å². The van der Waals surface area contributed by atoms with Gasteiger partial charge >= 0.3 is 0 Å². The molecule has 0 amide bonds. The third-order valence-corrected chi connectivity index (χ3v) is 2.04. The van der Waals surface area contributed by atoms with Crippen LogP contribution in [0.25, 0.3) is 0 Å². The number of anilines is 2. The van der Waals surface area contributed by atoms with Gasteiger partial charge in [-0.2, -0.15) is 5.26 Å². The van der Waals surface area contributed by atoms with Crippen LogP contribution in [0.1, 0.15) is 6.42 Å². The smallest absolute Gasteiger partial charge is 0.184 e. The highest BCUT2D eigenvalue weighted by molar-refractivity contribution is 5.68. The molecule has 0 aliphatic rings. The van der Waals surface area contributed by atoms with Crippen molar-refractivity contribution in [1.82, 2.24) is 0 Å². The number of nitrogen functional groups attached to an aromatic ring is 1. The lowest BCUT2D eigenvalue weighted by Crippen LogP contribution is -2.21. The van der Waals surface area contributed by atoms with Crippen LogP contribution in [0.2, 0.25) is 0 Å². The highest BCUT2D eigenvalue weighted by Gasteiger charge is 2.15. The molecule has 0 saturated carbocycles. The Kier molecular flexibility index (Phi) is 3.45. The quantitative estimate of drug-likeness (QED) is 0.777. The lowest BCUT2D eigenvalue weighted by atomic mass is 10.2. The van der Waals surface area contributed by atoms with Crippen molar-refractivity contribution in [3.8, 4) is 6.07 Å². The molecule has 1 rings (SSSR count). The topological polar surface area (TPSA) is 53.0 Å². The van der Waals surface area contributed by atoms with E-state index in [1.54, 1.807) is 7.05 Å². The molecule has 0 heterocycles. The van der Waals surface area contributed by atoms with Gasteiger partial charge in [0, 0.05) is 13.6 Å². The van der Waals surface area contributed by atoms with Crippen LogP contribution in [0.3, 0.4) is 0 Å². The van der Waals surface area contributed by atoms with E-state index in [9.17, 15) is 8.78 Å². The molecule has 0 saturated heterocycles. The van der Waals surface area contributed by atoms with Gasteiger partial charge in [0.25, 0.3) is 0 Å². The first-order chi connectivity index (χ1) is 7.07. The number of nitrogens with two attached hydrogens (primary N) is 1. The molecule has 0 aromatic heterocycles. The van der Waals surface area contributed by atoms with E-state index in [1.165, 1.54) is 11.0 Å². The molecule has 1 aromatic carbocycles. The van der Waals surface area contributed by atoms with Crippen LogP contribution in [-0.4, -0.2) is 13.6 Å². The molecule has 5 heteroatoms. The Hall–Kier alpha value is -1.83. The number of nitrogens with zero attached hydrogens (tertiary/aromatic N) is 2. The molecule has 0 radical (unpaired) electrons. The molecule has 3 nitrogen and oxygen atoms in total. The largest absolute Gasteiger partial charge is 0.397 e. The minimum absolute atomic E-state index is 0.00486. The van der Waals surface area contributed by atoms with Gasteiger partial charge < -0.3 is 10.6 Å². The normalized spacial score (nSPS) is 9.73. The van der Waals surface area contributed by atoms with Crippen molar-refractivity contribution in [3.63, 3.8) is 0 Å². The molecule has 15 heavy (non-hydrogen) atoms. The van der Waals surface area contributed by atoms with Crippen molar-refractivity contribution in [2.24, 2.45) is 0 Å². The summed E-state index contributed by atoms with van der Waals surface area (Å²) in [5.41, 5.74) is 5.70.